The summed E-state index contributed by atoms with van der Waals surface area (Å²) >= 11 is 3.36. The number of hydrogen-bond acceptors (Lipinski definition) is 4. The SMILES string of the molecule is CCCCCCCCCCCCCCCOC(=O)C(CC)(CC)C(=O)Oc1ccc(Br)cc1. The molecular weight excluding hydrogens is 480 g/mol. The van der Waals surface area contributed by atoms with Crippen LogP contribution >= 0.6 is 15.9 Å². The standard InChI is InChI=1S/C28H45BrO4/c1-4-7-8-9-10-11-12-13-14-15-16-17-18-23-32-26(30)28(5-2,6-3)27(31)33-25-21-19-24(29)20-22-25/h19-22H,4-18,23H2,1-3H3. The third kappa shape index (κ3) is 11.6. The molecule has 1 rings (SSSR count). The summed E-state index contributed by atoms with van der Waals surface area (Å²) < 4.78 is 11.9. The van der Waals surface area contributed by atoms with Crippen molar-refractivity contribution in [1.82, 2.24) is 0 Å². The minimum Gasteiger partial charge on any atom is -0.465 e. The van der Waals surface area contributed by atoms with E-state index in [0.717, 1.165) is 17.3 Å². The first kappa shape index (κ1) is 29.7. The van der Waals surface area contributed by atoms with Crippen molar-refractivity contribution in [3.05, 3.63) is 28.7 Å². The second-order valence-corrected chi connectivity index (χ2v) is 9.93. The summed E-state index contributed by atoms with van der Waals surface area (Å²) in [5.74, 6) is -0.572. The highest BCUT2D eigenvalue weighted by Gasteiger charge is 2.46. The number of unbranched alkanes of at least 4 members (excludes halogenated alkanes) is 12. The molecule has 0 fully saturated rings. The zero-order valence-corrected chi connectivity index (χ0v) is 22.7. The van der Waals surface area contributed by atoms with Gasteiger partial charge in [-0.25, -0.2) is 0 Å². The van der Waals surface area contributed by atoms with Gasteiger partial charge in [-0.3, -0.25) is 9.59 Å². The molecule has 0 heterocycles. The first-order valence-electron chi connectivity index (χ1n) is 13.1. The van der Waals surface area contributed by atoms with Gasteiger partial charge >= 0.3 is 11.9 Å². The number of halogens is 1. The van der Waals surface area contributed by atoms with Crippen molar-refractivity contribution in [3.8, 4) is 5.75 Å². The number of benzene rings is 1. The third-order valence-corrected chi connectivity index (χ3v) is 7.02. The molecule has 0 saturated heterocycles. The number of hydrogen-bond donors (Lipinski definition) is 0. The van der Waals surface area contributed by atoms with Crippen molar-refractivity contribution in [2.45, 2.75) is 117 Å². The van der Waals surface area contributed by atoms with E-state index in [-0.39, 0.29) is 0 Å². The van der Waals surface area contributed by atoms with E-state index in [1.807, 2.05) is 13.8 Å². The van der Waals surface area contributed by atoms with Crippen LogP contribution in [0.1, 0.15) is 117 Å². The Balaban J connectivity index is 2.21. The molecule has 0 unspecified atom stereocenters. The molecule has 0 amide bonds. The van der Waals surface area contributed by atoms with Crippen LogP contribution in [-0.4, -0.2) is 18.5 Å². The summed E-state index contributed by atoms with van der Waals surface area (Å²) in [5, 5.41) is 0. The molecule has 33 heavy (non-hydrogen) atoms. The van der Waals surface area contributed by atoms with Crippen molar-refractivity contribution >= 4 is 27.9 Å². The van der Waals surface area contributed by atoms with Gasteiger partial charge in [-0.1, -0.05) is 114 Å². The zero-order valence-electron chi connectivity index (χ0n) is 21.1. The molecule has 188 valence electrons. The zero-order chi connectivity index (χ0) is 24.4. The maximum atomic E-state index is 12.8. The van der Waals surface area contributed by atoms with E-state index >= 15 is 0 Å². The summed E-state index contributed by atoms with van der Waals surface area (Å²) in [5.41, 5.74) is -1.25. The molecule has 5 heteroatoms. The Kier molecular flexibility index (Phi) is 16.2. The van der Waals surface area contributed by atoms with Crippen molar-refractivity contribution in [3.63, 3.8) is 0 Å². The molecule has 1 aromatic rings. The Morgan fingerprint density at radius 3 is 1.61 bits per heavy atom. The Hall–Kier alpha value is -1.36. The molecule has 0 aliphatic heterocycles. The van der Waals surface area contributed by atoms with E-state index in [0.29, 0.717) is 25.2 Å². The average Bonchev–Trinajstić information content (AvgIpc) is 2.82. The number of carbonyl (C=O) groups excluding carboxylic acids is 2. The summed E-state index contributed by atoms with van der Waals surface area (Å²) in [7, 11) is 0. The lowest BCUT2D eigenvalue weighted by atomic mass is 9.82. The first-order valence-corrected chi connectivity index (χ1v) is 13.9. The van der Waals surface area contributed by atoms with Gasteiger partial charge in [-0.15, -0.1) is 0 Å². The van der Waals surface area contributed by atoms with Crippen LogP contribution in [0.4, 0.5) is 0 Å². The molecule has 0 atom stereocenters. The quantitative estimate of drug-likeness (QED) is 0.0784. The fraction of sp³-hybridized carbons (Fsp3) is 0.714. The Bertz CT molecular complexity index is 652. The maximum absolute atomic E-state index is 12.8. The molecule has 0 saturated carbocycles. The molecule has 4 nitrogen and oxygen atoms in total. The van der Waals surface area contributed by atoms with E-state index < -0.39 is 17.4 Å². The molecule has 0 aromatic heterocycles. The van der Waals surface area contributed by atoms with Gasteiger partial charge in [0.2, 0.25) is 0 Å². The van der Waals surface area contributed by atoms with Gasteiger partial charge in [0.05, 0.1) is 6.61 Å². The lowest BCUT2D eigenvalue weighted by molar-refractivity contribution is -0.168. The van der Waals surface area contributed by atoms with Crippen LogP contribution in [0.25, 0.3) is 0 Å². The van der Waals surface area contributed by atoms with Gasteiger partial charge in [0, 0.05) is 4.47 Å². The van der Waals surface area contributed by atoms with Crippen molar-refractivity contribution in [1.29, 1.82) is 0 Å². The van der Waals surface area contributed by atoms with Gasteiger partial charge in [-0.2, -0.15) is 0 Å². The van der Waals surface area contributed by atoms with Crippen LogP contribution in [0.2, 0.25) is 0 Å². The van der Waals surface area contributed by atoms with Crippen LogP contribution in [0.5, 0.6) is 5.75 Å². The van der Waals surface area contributed by atoms with Crippen LogP contribution in [0.3, 0.4) is 0 Å². The fourth-order valence-electron chi connectivity index (χ4n) is 4.04. The molecule has 0 aliphatic rings. The van der Waals surface area contributed by atoms with Crippen molar-refractivity contribution < 1.29 is 19.1 Å². The smallest absolute Gasteiger partial charge is 0.328 e. The van der Waals surface area contributed by atoms with Crippen LogP contribution in [0, 0.1) is 5.41 Å². The fourth-order valence-corrected chi connectivity index (χ4v) is 4.31. The van der Waals surface area contributed by atoms with Gasteiger partial charge in [-0.05, 0) is 43.5 Å². The monoisotopic (exact) mass is 524 g/mol. The molecule has 0 radical (unpaired) electrons. The van der Waals surface area contributed by atoms with Crippen molar-refractivity contribution in [2.75, 3.05) is 6.61 Å². The molecule has 0 bridgehead atoms. The normalized spacial score (nSPS) is 11.4. The van der Waals surface area contributed by atoms with E-state index in [9.17, 15) is 9.59 Å². The molecular formula is C28H45BrO4. The van der Waals surface area contributed by atoms with E-state index in [2.05, 4.69) is 22.9 Å². The van der Waals surface area contributed by atoms with Gasteiger partial charge in [0.25, 0.3) is 0 Å². The summed E-state index contributed by atoms with van der Waals surface area (Å²) in [6.07, 6.45) is 17.3. The van der Waals surface area contributed by atoms with E-state index in [1.165, 1.54) is 70.6 Å². The minimum atomic E-state index is -1.25. The summed E-state index contributed by atoms with van der Waals surface area (Å²) in [4.78, 5) is 25.6. The average molecular weight is 526 g/mol. The number of rotatable bonds is 19. The predicted molar refractivity (Wildman–Crippen MR) is 139 cm³/mol. The van der Waals surface area contributed by atoms with Crippen LogP contribution in [-0.2, 0) is 14.3 Å². The topological polar surface area (TPSA) is 52.6 Å². The molecule has 0 aliphatic carbocycles. The second kappa shape index (κ2) is 18.0. The van der Waals surface area contributed by atoms with E-state index in [4.69, 9.17) is 9.47 Å². The van der Waals surface area contributed by atoms with Crippen LogP contribution in [0.15, 0.2) is 28.7 Å². The minimum absolute atomic E-state index is 0.357. The number of carbonyl (C=O) groups is 2. The largest absolute Gasteiger partial charge is 0.465 e. The van der Waals surface area contributed by atoms with E-state index in [1.54, 1.807) is 24.3 Å². The van der Waals surface area contributed by atoms with Gasteiger partial charge in [0.1, 0.15) is 5.75 Å². The summed E-state index contributed by atoms with van der Waals surface area (Å²) in [6, 6.07) is 7.01. The van der Waals surface area contributed by atoms with Gasteiger partial charge in [0.15, 0.2) is 5.41 Å². The highest BCUT2D eigenvalue weighted by atomic mass is 79.9. The Labute approximate surface area is 210 Å². The van der Waals surface area contributed by atoms with Crippen LogP contribution < -0.4 is 4.74 Å². The number of esters is 2. The Morgan fingerprint density at radius 2 is 1.15 bits per heavy atom. The highest BCUT2D eigenvalue weighted by Crippen LogP contribution is 2.31. The lowest BCUT2D eigenvalue weighted by Gasteiger charge is -2.26. The lowest BCUT2D eigenvalue weighted by Crippen LogP contribution is -2.42. The van der Waals surface area contributed by atoms with Gasteiger partial charge < -0.3 is 9.47 Å². The predicted octanol–water partition coefficient (Wildman–Crippen LogP) is 8.80. The third-order valence-electron chi connectivity index (χ3n) is 6.49. The molecule has 0 spiro atoms. The maximum Gasteiger partial charge on any atom is 0.328 e. The second-order valence-electron chi connectivity index (χ2n) is 9.01. The number of ether oxygens (including phenoxy) is 2. The highest BCUT2D eigenvalue weighted by molar-refractivity contribution is 9.10. The van der Waals surface area contributed by atoms with Crippen molar-refractivity contribution in [2.24, 2.45) is 5.41 Å². The Morgan fingerprint density at radius 1 is 0.697 bits per heavy atom. The summed E-state index contributed by atoms with van der Waals surface area (Å²) in [6.45, 7) is 6.29. The molecule has 0 N–H and O–H groups in total. The first-order chi connectivity index (χ1) is 16.0. The molecule has 1 aromatic carbocycles.